The van der Waals surface area contributed by atoms with Gasteiger partial charge in [-0.3, -0.25) is 19.3 Å². The van der Waals surface area contributed by atoms with Gasteiger partial charge >= 0.3 is 0 Å². The molecule has 0 saturated heterocycles. The van der Waals surface area contributed by atoms with Crippen molar-refractivity contribution in [3.8, 4) is 5.75 Å². The van der Waals surface area contributed by atoms with E-state index in [9.17, 15) is 34.8 Å². The van der Waals surface area contributed by atoms with Gasteiger partial charge in [0.1, 0.15) is 28.7 Å². The Hall–Kier alpha value is -2.70. The molecule has 1 aromatic carbocycles. The zero-order chi connectivity index (χ0) is 26.9. The summed E-state index contributed by atoms with van der Waals surface area (Å²) in [5.41, 5.74) is 1.38. The third-order valence-electron chi connectivity index (χ3n) is 7.71. The summed E-state index contributed by atoms with van der Waals surface area (Å²) in [5.74, 6) is -8.22. The van der Waals surface area contributed by atoms with Crippen LogP contribution >= 0.6 is 24.8 Å². The molecule has 10 nitrogen and oxygen atoms in total. The van der Waals surface area contributed by atoms with Crippen molar-refractivity contribution in [1.82, 2.24) is 9.80 Å². The lowest BCUT2D eigenvalue weighted by Crippen LogP contribution is -2.65. The van der Waals surface area contributed by atoms with Crippen LogP contribution < -0.4 is 5.73 Å². The van der Waals surface area contributed by atoms with Crippen molar-refractivity contribution in [3.05, 3.63) is 45.5 Å². The monoisotopic (exact) mass is 575 g/mol. The maximum absolute atomic E-state index is 15.6. The predicted molar refractivity (Wildman–Crippen MR) is 141 cm³/mol. The number of likely N-dealkylation sites (N-methyl/N-ethyl adjacent to an activating group) is 1. The molecule has 1 aromatic rings. The normalized spacial score (nSPS) is 26.5. The number of hydrogen-bond donors (Lipinski definition) is 5. The van der Waals surface area contributed by atoms with E-state index in [0.717, 1.165) is 0 Å². The molecule has 38 heavy (non-hydrogen) atoms. The molecule has 3 aliphatic carbocycles. The minimum absolute atomic E-state index is 0. The Balaban J connectivity index is 0.00000253. The number of aliphatic hydroxyl groups excluding tert-OH is 2. The van der Waals surface area contributed by atoms with E-state index >= 15 is 4.39 Å². The zero-order valence-corrected chi connectivity index (χ0v) is 23.0. The number of phenols is 1. The molecule has 6 N–H and O–H groups in total. The Morgan fingerprint density at radius 3 is 2.32 bits per heavy atom. The molecule has 3 aliphatic rings. The average molecular weight is 576 g/mol. The molecule has 210 valence electrons. The molecule has 0 heterocycles. The van der Waals surface area contributed by atoms with Gasteiger partial charge in [-0.25, -0.2) is 4.39 Å². The number of nitrogens with zero attached hydrogens (tertiary/aromatic N) is 2. The number of Topliss-reactive ketones (excluding diaryl/α,β-unsaturated/α-hetero) is 2. The Bertz CT molecular complexity index is 1270. The van der Waals surface area contributed by atoms with Crippen LogP contribution in [0.4, 0.5) is 4.39 Å². The van der Waals surface area contributed by atoms with Crippen LogP contribution in [0.2, 0.25) is 0 Å². The average Bonchev–Trinajstić information content (AvgIpc) is 2.78. The van der Waals surface area contributed by atoms with Gasteiger partial charge in [-0.15, -0.1) is 24.8 Å². The summed E-state index contributed by atoms with van der Waals surface area (Å²) < 4.78 is 15.6. The molecule has 4 rings (SSSR count). The maximum Gasteiger partial charge on any atom is 0.255 e. The molecule has 1 fully saturated rings. The molecule has 0 spiro atoms. The Morgan fingerprint density at radius 1 is 1.18 bits per heavy atom. The van der Waals surface area contributed by atoms with E-state index in [2.05, 4.69) is 0 Å². The SMILES string of the molecule is CCN(C)Cc1cc(O)c2c(c1F)C[C@H]1C[C@H]3[C@H](N(C)C)C(=O)C(C(N)=O)=C(O)[C@@]3(O)C(=O)C1=C2O.Cl.Cl. The van der Waals surface area contributed by atoms with Crippen molar-refractivity contribution in [1.29, 1.82) is 0 Å². The third kappa shape index (κ3) is 4.36. The number of aromatic hydroxyl groups is 1. The Labute approximate surface area is 231 Å². The molecule has 0 radical (unpaired) electrons. The van der Waals surface area contributed by atoms with Crippen molar-refractivity contribution < 1.29 is 39.2 Å². The number of fused-ring (bicyclic) bond motifs is 3. The molecular formula is C25H32Cl2FN3O7. The lowest BCUT2D eigenvalue weighted by Gasteiger charge is -2.50. The first-order chi connectivity index (χ1) is 16.8. The fourth-order valence-corrected chi connectivity index (χ4v) is 5.86. The highest BCUT2D eigenvalue weighted by atomic mass is 35.5. The van der Waals surface area contributed by atoms with Crippen molar-refractivity contribution in [2.75, 3.05) is 27.7 Å². The highest BCUT2D eigenvalue weighted by molar-refractivity contribution is 6.24. The summed E-state index contributed by atoms with van der Waals surface area (Å²) in [4.78, 5) is 42.0. The number of carbonyl (C=O) groups excluding carboxylic acids is 3. The first kappa shape index (κ1) is 31.5. The van der Waals surface area contributed by atoms with Crippen LogP contribution in [0.15, 0.2) is 23.0 Å². The minimum Gasteiger partial charge on any atom is -0.508 e. The number of halogens is 3. The van der Waals surface area contributed by atoms with Crippen molar-refractivity contribution >= 4 is 48.0 Å². The number of ketones is 2. The van der Waals surface area contributed by atoms with Gasteiger partial charge in [-0.1, -0.05) is 6.92 Å². The highest BCUT2D eigenvalue weighted by Gasteiger charge is 2.64. The summed E-state index contributed by atoms with van der Waals surface area (Å²) in [6, 6.07) is -0.00292. The lowest BCUT2D eigenvalue weighted by atomic mass is 9.57. The number of carbonyl (C=O) groups is 3. The van der Waals surface area contributed by atoms with Crippen LogP contribution in [0.5, 0.6) is 5.75 Å². The minimum atomic E-state index is -2.72. The van der Waals surface area contributed by atoms with Crippen molar-refractivity contribution in [2.45, 2.75) is 38.0 Å². The summed E-state index contributed by atoms with van der Waals surface area (Å²) in [7, 11) is 4.82. The molecule has 13 heteroatoms. The summed E-state index contributed by atoms with van der Waals surface area (Å²) in [6.07, 6.45) is -0.178. The van der Waals surface area contributed by atoms with Gasteiger partial charge in [0.15, 0.2) is 11.4 Å². The molecular weight excluding hydrogens is 544 g/mol. The second-order valence-corrected chi connectivity index (χ2v) is 10.0. The fourth-order valence-electron chi connectivity index (χ4n) is 5.86. The predicted octanol–water partition coefficient (Wildman–Crippen LogP) is 1.40. The van der Waals surface area contributed by atoms with Crippen LogP contribution in [0, 0.1) is 17.7 Å². The molecule has 0 bridgehead atoms. The first-order valence-electron chi connectivity index (χ1n) is 11.6. The standard InChI is InChI=1S/C25H30FN3O7.2ClH/c1-5-29(4)9-11-8-14(30)16-12(18(11)26)6-10-7-13-19(28(2)3)21(32)17(24(27)35)23(34)25(13,36)22(33)15(10)20(16)31;;/h8,10,13,19,30-31,34,36H,5-7,9H2,1-4H3,(H2,27,35);2*1H/t10-,13-,19-,25-;;/m0../s1. The van der Waals surface area contributed by atoms with Gasteiger partial charge in [0.25, 0.3) is 5.91 Å². The molecule has 1 saturated carbocycles. The van der Waals surface area contributed by atoms with Crippen LogP contribution in [-0.4, -0.2) is 87.0 Å². The number of aliphatic hydroxyl groups is 3. The second-order valence-electron chi connectivity index (χ2n) is 10.0. The molecule has 1 amide bonds. The molecule has 0 aliphatic heterocycles. The van der Waals surface area contributed by atoms with Crippen LogP contribution in [-0.2, 0) is 27.3 Å². The maximum atomic E-state index is 15.6. The van der Waals surface area contributed by atoms with Gasteiger partial charge in [0.2, 0.25) is 5.78 Å². The topological polar surface area (TPSA) is 165 Å². The summed E-state index contributed by atoms with van der Waals surface area (Å²) in [5, 5.41) is 44.1. The Morgan fingerprint density at radius 2 is 1.79 bits per heavy atom. The number of nitrogens with two attached hydrogens (primary N) is 1. The van der Waals surface area contributed by atoms with Crippen LogP contribution in [0.3, 0.4) is 0 Å². The molecule has 0 unspecified atom stereocenters. The summed E-state index contributed by atoms with van der Waals surface area (Å²) in [6.45, 7) is 2.73. The number of amides is 1. The van der Waals surface area contributed by atoms with Crippen molar-refractivity contribution in [2.24, 2.45) is 17.6 Å². The zero-order valence-electron chi connectivity index (χ0n) is 21.3. The smallest absolute Gasteiger partial charge is 0.255 e. The second kappa shape index (κ2) is 10.8. The van der Waals surface area contributed by atoms with E-state index in [1.807, 2.05) is 11.8 Å². The van der Waals surface area contributed by atoms with E-state index in [1.54, 1.807) is 7.05 Å². The molecule has 0 aromatic heterocycles. The Kier molecular flexibility index (Phi) is 8.97. The number of primary amides is 1. The first-order valence-corrected chi connectivity index (χ1v) is 11.6. The van der Waals surface area contributed by atoms with Crippen LogP contribution in [0.1, 0.15) is 30.0 Å². The number of benzene rings is 1. The van der Waals surface area contributed by atoms with E-state index in [0.29, 0.717) is 6.54 Å². The van der Waals surface area contributed by atoms with E-state index in [-0.39, 0.29) is 66.5 Å². The van der Waals surface area contributed by atoms with Gasteiger partial charge in [0.05, 0.1) is 11.6 Å². The quantitative estimate of drug-likeness (QED) is 0.326. The van der Waals surface area contributed by atoms with Gasteiger partial charge in [-0.2, -0.15) is 0 Å². The number of hydrogen-bond acceptors (Lipinski definition) is 9. The van der Waals surface area contributed by atoms with E-state index in [1.165, 1.54) is 25.1 Å². The molecule has 4 atom stereocenters. The van der Waals surface area contributed by atoms with Gasteiger partial charge in [0, 0.05) is 29.2 Å². The van der Waals surface area contributed by atoms with Crippen LogP contribution in [0.25, 0.3) is 5.76 Å². The summed E-state index contributed by atoms with van der Waals surface area (Å²) >= 11 is 0. The number of rotatable bonds is 5. The van der Waals surface area contributed by atoms with Gasteiger partial charge in [-0.05, 0) is 52.5 Å². The fraction of sp³-hybridized carbons (Fsp3) is 0.480. The lowest BCUT2D eigenvalue weighted by molar-refractivity contribution is -0.153. The van der Waals surface area contributed by atoms with Crippen molar-refractivity contribution in [3.63, 3.8) is 0 Å². The third-order valence-corrected chi connectivity index (χ3v) is 7.71. The van der Waals surface area contributed by atoms with Gasteiger partial charge < -0.3 is 31.1 Å². The highest BCUT2D eigenvalue weighted by Crippen LogP contribution is 2.53. The van der Waals surface area contributed by atoms with E-state index < -0.39 is 69.6 Å². The largest absolute Gasteiger partial charge is 0.508 e. The van der Waals surface area contributed by atoms with E-state index in [4.69, 9.17) is 5.73 Å². The number of phenolic OH excluding ortho intramolecular Hbond substituents is 1.